The summed E-state index contributed by atoms with van der Waals surface area (Å²) in [6.07, 6.45) is 2.31. The molecule has 0 fully saturated rings. The quantitative estimate of drug-likeness (QED) is 0.914. The monoisotopic (exact) mass is 300 g/mol. The van der Waals surface area contributed by atoms with Crippen LogP contribution in [0.15, 0.2) is 48.5 Å². The second kappa shape index (κ2) is 6.50. The molecule has 0 bridgehead atoms. The molecule has 1 N–H and O–H groups in total. The third-order valence-electron chi connectivity index (χ3n) is 4.24. The average molecular weight is 301 g/mol. The first-order valence-corrected chi connectivity index (χ1v) is 7.86. The topological polar surface area (TPSA) is 15.3 Å². The van der Waals surface area contributed by atoms with Crippen LogP contribution >= 0.6 is 11.6 Å². The largest absolute Gasteiger partial charge is 0.383 e. The predicted molar refractivity (Wildman–Crippen MR) is 90.0 cm³/mol. The molecule has 3 heteroatoms. The second-order valence-corrected chi connectivity index (χ2v) is 6.21. The fraction of sp³-hybridized carbons (Fsp3) is 0.333. The standard InChI is InChI=1S/C18H21ClN2/c1-21(13-14-5-4-7-16(19)11-14)17-10-9-15-6-2-3-8-18(15)20-12-17/h2-8,11,17,20H,9-10,12-13H2,1H3. The van der Waals surface area contributed by atoms with E-state index in [9.17, 15) is 0 Å². The molecule has 21 heavy (non-hydrogen) atoms. The molecule has 2 aromatic carbocycles. The van der Waals surface area contributed by atoms with Gasteiger partial charge in [-0.05, 0) is 49.2 Å². The van der Waals surface area contributed by atoms with Crippen LogP contribution in [0, 0.1) is 0 Å². The van der Waals surface area contributed by atoms with Gasteiger partial charge in [0.25, 0.3) is 0 Å². The average Bonchev–Trinajstić information content (AvgIpc) is 2.70. The first-order valence-electron chi connectivity index (χ1n) is 7.49. The molecule has 0 amide bonds. The van der Waals surface area contributed by atoms with Crippen LogP contribution in [0.4, 0.5) is 5.69 Å². The summed E-state index contributed by atoms with van der Waals surface area (Å²) in [4.78, 5) is 2.42. The highest BCUT2D eigenvalue weighted by Gasteiger charge is 2.19. The van der Waals surface area contributed by atoms with Crippen LogP contribution in [-0.4, -0.2) is 24.5 Å². The smallest absolute Gasteiger partial charge is 0.0409 e. The maximum absolute atomic E-state index is 6.07. The van der Waals surface area contributed by atoms with E-state index in [1.807, 2.05) is 12.1 Å². The normalized spacial score (nSPS) is 18.0. The van der Waals surface area contributed by atoms with Crippen molar-refractivity contribution in [3.05, 3.63) is 64.7 Å². The Labute approximate surface area is 131 Å². The SMILES string of the molecule is CN(Cc1cccc(Cl)c1)C1CCc2ccccc2NC1. The first kappa shape index (κ1) is 14.4. The number of nitrogens with zero attached hydrogens (tertiary/aromatic N) is 1. The molecule has 1 heterocycles. The van der Waals surface area contributed by atoms with Crippen molar-refractivity contribution in [3.8, 4) is 0 Å². The zero-order chi connectivity index (χ0) is 14.7. The van der Waals surface area contributed by atoms with Gasteiger partial charge in [0.15, 0.2) is 0 Å². The van der Waals surface area contributed by atoms with E-state index in [1.54, 1.807) is 0 Å². The summed E-state index contributed by atoms with van der Waals surface area (Å²) in [6.45, 7) is 1.93. The molecule has 0 saturated heterocycles. The predicted octanol–water partition coefficient (Wildman–Crippen LogP) is 4.20. The molecule has 1 aliphatic rings. The van der Waals surface area contributed by atoms with Crippen LogP contribution in [0.3, 0.4) is 0 Å². The number of aryl methyl sites for hydroxylation is 1. The Bertz CT molecular complexity index is 585. The van der Waals surface area contributed by atoms with Gasteiger partial charge in [-0.25, -0.2) is 0 Å². The van der Waals surface area contributed by atoms with Crippen LogP contribution < -0.4 is 5.32 Å². The third kappa shape index (κ3) is 3.58. The number of halogens is 1. The summed E-state index contributed by atoms with van der Waals surface area (Å²) in [5, 5.41) is 4.40. The van der Waals surface area contributed by atoms with Crippen LogP contribution in [0.25, 0.3) is 0 Å². The van der Waals surface area contributed by atoms with Crippen LogP contribution in [0.5, 0.6) is 0 Å². The third-order valence-corrected chi connectivity index (χ3v) is 4.47. The lowest BCUT2D eigenvalue weighted by Gasteiger charge is -2.27. The molecule has 0 aromatic heterocycles. The highest BCUT2D eigenvalue weighted by atomic mass is 35.5. The van der Waals surface area contributed by atoms with Crippen molar-refractivity contribution in [3.63, 3.8) is 0 Å². The van der Waals surface area contributed by atoms with Gasteiger partial charge in [0.2, 0.25) is 0 Å². The minimum atomic E-state index is 0.538. The molecular formula is C18H21ClN2. The molecule has 1 unspecified atom stereocenters. The highest BCUT2D eigenvalue weighted by molar-refractivity contribution is 6.30. The molecule has 0 aliphatic carbocycles. The van der Waals surface area contributed by atoms with E-state index in [4.69, 9.17) is 11.6 Å². The lowest BCUT2D eigenvalue weighted by atomic mass is 10.1. The summed E-state index contributed by atoms with van der Waals surface area (Å²) in [5.74, 6) is 0. The summed E-state index contributed by atoms with van der Waals surface area (Å²) >= 11 is 6.07. The lowest BCUT2D eigenvalue weighted by Crippen LogP contribution is -2.36. The molecular weight excluding hydrogens is 280 g/mol. The Kier molecular flexibility index (Phi) is 4.47. The number of benzene rings is 2. The van der Waals surface area contributed by atoms with Gasteiger partial charge in [-0.3, -0.25) is 4.90 Å². The van der Waals surface area contributed by atoms with Crippen molar-refractivity contribution in [1.82, 2.24) is 4.90 Å². The molecule has 1 aliphatic heterocycles. The molecule has 2 aromatic rings. The maximum atomic E-state index is 6.07. The number of nitrogens with one attached hydrogen (secondary N) is 1. The van der Waals surface area contributed by atoms with Crippen molar-refractivity contribution < 1.29 is 0 Å². The van der Waals surface area contributed by atoms with Gasteiger partial charge in [-0.2, -0.15) is 0 Å². The Hall–Kier alpha value is -1.51. The van der Waals surface area contributed by atoms with Crippen LogP contribution in [0.1, 0.15) is 17.5 Å². The molecule has 0 spiro atoms. The summed E-state index contributed by atoms with van der Waals surface area (Å²) in [6, 6.07) is 17.3. The number of anilines is 1. The van der Waals surface area contributed by atoms with Crippen LogP contribution in [-0.2, 0) is 13.0 Å². The molecule has 2 nitrogen and oxygen atoms in total. The Balaban J connectivity index is 1.65. The highest BCUT2D eigenvalue weighted by Crippen LogP contribution is 2.23. The number of likely N-dealkylation sites (N-methyl/N-ethyl adjacent to an activating group) is 1. The van der Waals surface area contributed by atoms with E-state index in [2.05, 4.69) is 53.7 Å². The Morgan fingerprint density at radius 2 is 2.05 bits per heavy atom. The summed E-state index contributed by atoms with van der Waals surface area (Å²) in [7, 11) is 2.20. The zero-order valence-electron chi connectivity index (χ0n) is 12.3. The number of rotatable bonds is 3. The van der Waals surface area contributed by atoms with Crippen molar-refractivity contribution >= 4 is 17.3 Å². The van der Waals surface area contributed by atoms with Crippen LogP contribution in [0.2, 0.25) is 5.02 Å². The summed E-state index contributed by atoms with van der Waals surface area (Å²) < 4.78 is 0. The van der Waals surface area contributed by atoms with Gasteiger partial charge in [0, 0.05) is 29.8 Å². The molecule has 110 valence electrons. The van der Waals surface area contributed by atoms with E-state index in [-0.39, 0.29) is 0 Å². The van der Waals surface area contributed by atoms with Gasteiger partial charge in [-0.15, -0.1) is 0 Å². The zero-order valence-corrected chi connectivity index (χ0v) is 13.1. The first-order chi connectivity index (χ1) is 10.2. The summed E-state index contributed by atoms with van der Waals surface area (Å²) in [5.41, 5.74) is 3.99. The molecule has 0 radical (unpaired) electrons. The van der Waals surface area contributed by atoms with Crippen molar-refractivity contribution in [2.75, 3.05) is 18.9 Å². The minimum absolute atomic E-state index is 0.538. The maximum Gasteiger partial charge on any atom is 0.0409 e. The minimum Gasteiger partial charge on any atom is -0.383 e. The Morgan fingerprint density at radius 1 is 1.19 bits per heavy atom. The van der Waals surface area contributed by atoms with E-state index in [0.29, 0.717) is 6.04 Å². The molecule has 1 atom stereocenters. The number of hydrogen-bond acceptors (Lipinski definition) is 2. The van der Waals surface area contributed by atoms with E-state index in [1.165, 1.54) is 23.2 Å². The van der Waals surface area contributed by atoms with Crippen molar-refractivity contribution in [2.24, 2.45) is 0 Å². The second-order valence-electron chi connectivity index (χ2n) is 5.78. The number of fused-ring (bicyclic) bond motifs is 1. The Morgan fingerprint density at radius 3 is 2.90 bits per heavy atom. The number of hydrogen-bond donors (Lipinski definition) is 1. The van der Waals surface area contributed by atoms with E-state index >= 15 is 0 Å². The fourth-order valence-corrected chi connectivity index (χ4v) is 3.20. The lowest BCUT2D eigenvalue weighted by molar-refractivity contribution is 0.233. The molecule has 3 rings (SSSR count). The number of para-hydroxylation sites is 1. The van der Waals surface area contributed by atoms with Crippen molar-refractivity contribution in [2.45, 2.75) is 25.4 Å². The van der Waals surface area contributed by atoms with Gasteiger partial charge in [0.05, 0.1) is 0 Å². The van der Waals surface area contributed by atoms with Crippen molar-refractivity contribution in [1.29, 1.82) is 0 Å². The fourth-order valence-electron chi connectivity index (χ4n) is 2.99. The van der Waals surface area contributed by atoms with Gasteiger partial charge < -0.3 is 5.32 Å². The van der Waals surface area contributed by atoms with Gasteiger partial charge >= 0.3 is 0 Å². The van der Waals surface area contributed by atoms with E-state index in [0.717, 1.165) is 24.5 Å². The van der Waals surface area contributed by atoms with E-state index < -0.39 is 0 Å². The van der Waals surface area contributed by atoms with Gasteiger partial charge in [-0.1, -0.05) is 41.9 Å². The molecule has 0 saturated carbocycles. The van der Waals surface area contributed by atoms with Gasteiger partial charge in [0.1, 0.15) is 0 Å².